The third kappa shape index (κ3) is 3.28. The molecule has 128 valence electrons. The first-order valence-corrected chi connectivity index (χ1v) is 8.35. The lowest BCUT2D eigenvalue weighted by Gasteiger charge is -2.17. The fraction of sp³-hybridized carbons (Fsp3) is 0.444. The maximum Gasteiger partial charge on any atom is 0.278 e. The van der Waals surface area contributed by atoms with E-state index in [1.807, 2.05) is 37.3 Å². The third-order valence-electron chi connectivity index (χ3n) is 4.40. The van der Waals surface area contributed by atoms with Gasteiger partial charge in [0.05, 0.1) is 24.6 Å². The van der Waals surface area contributed by atoms with Crippen molar-refractivity contribution in [1.82, 2.24) is 14.7 Å². The van der Waals surface area contributed by atoms with Crippen LogP contribution in [-0.4, -0.2) is 51.5 Å². The number of nitrogens with zero attached hydrogens (tertiary/aromatic N) is 3. The minimum absolute atomic E-state index is 0.126. The van der Waals surface area contributed by atoms with Crippen molar-refractivity contribution in [2.24, 2.45) is 5.92 Å². The maximum absolute atomic E-state index is 12.8. The number of aliphatic hydroxyl groups is 1. The quantitative estimate of drug-likeness (QED) is 0.912. The van der Waals surface area contributed by atoms with Gasteiger partial charge in [-0.3, -0.25) is 4.79 Å². The van der Waals surface area contributed by atoms with Crippen LogP contribution in [0.25, 0.3) is 5.69 Å². The van der Waals surface area contributed by atoms with E-state index in [1.54, 1.807) is 22.7 Å². The van der Waals surface area contributed by atoms with Crippen molar-refractivity contribution in [2.45, 2.75) is 26.4 Å². The van der Waals surface area contributed by atoms with E-state index in [9.17, 15) is 9.90 Å². The van der Waals surface area contributed by atoms with Gasteiger partial charge in [0.1, 0.15) is 0 Å². The SMILES string of the molecule is CCOc1cn(-c2ccccc2)nc1C(=O)N1CCC(C(C)O)C1. The Morgan fingerprint density at radius 2 is 2.17 bits per heavy atom. The number of amides is 1. The number of carbonyl (C=O) groups is 1. The predicted octanol–water partition coefficient (Wildman–Crippen LogP) is 2.11. The number of carbonyl (C=O) groups excluding carboxylic acids is 1. The van der Waals surface area contributed by atoms with Crippen molar-refractivity contribution in [3.63, 3.8) is 0 Å². The first kappa shape index (κ1) is 16.5. The van der Waals surface area contributed by atoms with Crippen LogP contribution in [0, 0.1) is 5.92 Å². The lowest BCUT2D eigenvalue weighted by Crippen LogP contribution is -2.31. The minimum atomic E-state index is -0.406. The van der Waals surface area contributed by atoms with E-state index in [0.717, 1.165) is 12.1 Å². The standard InChI is InChI=1S/C18H23N3O3/c1-3-24-16-12-21(15-7-5-4-6-8-15)19-17(16)18(23)20-10-9-14(11-20)13(2)22/h4-8,12-14,22H,3,9-11H2,1-2H3. The van der Waals surface area contributed by atoms with Crippen molar-refractivity contribution in [3.05, 3.63) is 42.2 Å². The maximum atomic E-state index is 12.8. The molecule has 0 saturated carbocycles. The zero-order chi connectivity index (χ0) is 17.1. The summed E-state index contributed by atoms with van der Waals surface area (Å²) >= 11 is 0. The summed E-state index contributed by atoms with van der Waals surface area (Å²) in [6.45, 7) is 5.32. The third-order valence-corrected chi connectivity index (χ3v) is 4.40. The number of likely N-dealkylation sites (tertiary alicyclic amines) is 1. The second-order valence-corrected chi connectivity index (χ2v) is 6.10. The monoisotopic (exact) mass is 329 g/mol. The number of hydrogen-bond acceptors (Lipinski definition) is 4. The summed E-state index contributed by atoms with van der Waals surface area (Å²) in [4.78, 5) is 14.6. The summed E-state index contributed by atoms with van der Waals surface area (Å²) in [5.74, 6) is 0.476. The van der Waals surface area contributed by atoms with Gasteiger partial charge in [-0.2, -0.15) is 5.10 Å². The zero-order valence-corrected chi connectivity index (χ0v) is 14.1. The number of ether oxygens (including phenoxy) is 1. The first-order valence-electron chi connectivity index (χ1n) is 8.35. The van der Waals surface area contributed by atoms with Crippen LogP contribution in [0.1, 0.15) is 30.8 Å². The molecule has 2 heterocycles. The first-order chi connectivity index (χ1) is 11.6. The number of aliphatic hydroxyl groups excluding tert-OH is 1. The highest BCUT2D eigenvalue weighted by molar-refractivity contribution is 5.95. The molecule has 2 atom stereocenters. The summed E-state index contributed by atoms with van der Waals surface area (Å²) in [6, 6.07) is 9.63. The van der Waals surface area contributed by atoms with Crippen molar-refractivity contribution in [2.75, 3.05) is 19.7 Å². The van der Waals surface area contributed by atoms with E-state index in [-0.39, 0.29) is 11.8 Å². The second kappa shape index (κ2) is 7.05. The molecule has 1 amide bonds. The van der Waals surface area contributed by atoms with Crippen LogP contribution in [0.4, 0.5) is 0 Å². The van der Waals surface area contributed by atoms with Crippen molar-refractivity contribution >= 4 is 5.91 Å². The smallest absolute Gasteiger partial charge is 0.278 e. The normalized spacial score (nSPS) is 18.6. The van der Waals surface area contributed by atoms with Gasteiger partial charge in [0.25, 0.3) is 5.91 Å². The highest BCUT2D eigenvalue weighted by Crippen LogP contribution is 2.26. The Kier molecular flexibility index (Phi) is 4.85. The summed E-state index contributed by atoms with van der Waals surface area (Å²) in [6.07, 6.45) is 2.15. The average molecular weight is 329 g/mol. The Balaban J connectivity index is 1.86. The average Bonchev–Trinajstić information content (AvgIpc) is 3.23. The highest BCUT2D eigenvalue weighted by atomic mass is 16.5. The molecule has 0 bridgehead atoms. The Hall–Kier alpha value is -2.34. The topological polar surface area (TPSA) is 67.6 Å². The largest absolute Gasteiger partial charge is 0.490 e. The molecule has 0 radical (unpaired) electrons. The molecule has 2 aromatic rings. The van der Waals surface area contributed by atoms with Gasteiger partial charge in [-0.05, 0) is 32.4 Å². The number of hydrogen-bond donors (Lipinski definition) is 1. The molecule has 1 aliphatic rings. The number of aromatic nitrogens is 2. The Labute approximate surface area is 141 Å². The molecule has 3 rings (SSSR count). The fourth-order valence-corrected chi connectivity index (χ4v) is 3.00. The molecular formula is C18H23N3O3. The van der Waals surface area contributed by atoms with E-state index >= 15 is 0 Å². The molecule has 1 saturated heterocycles. The summed E-state index contributed by atoms with van der Waals surface area (Å²) in [5.41, 5.74) is 1.20. The Morgan fingerprint density at radius 3 is 2.79 bits per heavy atom. The van der Waals surface area contributed by atoms with Gasteiger partial charge in [-0.1, -0.05) is 18.2 Å². The van der Waals surface area contributed by atoms with Gasteiger partial charge in [0.15, 0.2) is 11.4 Å². The molecule has 0 aliphatic carbocycles. The number of benzene rings is 1. The van der Waals surface area contributed by atoms with Gasteiger partial charge < -0.3 is 14.7 Å². The molecule has 1 fully saturated rings. The lowest BCUT2D eigenvalue weighted by molar-refractivity contribution is 0.0752. The molecule has 6 heteroatoms. The molecule has 1 aromatic carbocycles. The molecule has 1 aliphatic heterocycles. The molecular weight excluding hydrogens is 306 g/mol. The van der Waals surface area contributed by atoms with Gasteiger partial charge in [-0.15, -0.1) is 0 Å². The molecule has 2 unspecified atom stereocenters. The van der Waals surface area contributed by atoms with Crippen molar-refractivity contribution in [3.8, 4) is 11.4 Å². The van der Waals surface area contributed by atoms with E-state index in [1.165, 1.54) is 0 Å². The molecule has 24 heavy (non-hydrogen) atoms. The van der Waals surface area contributed by atoms with Crippen LogP contribution in [-0.2, 0) is 0 Å². The Morgan fingerprint density at radius 1 is 1.42 bits per heavy atom. The van der Waals surface area contributed by atoms with Gasteiger partial charge in [0, 0.05) is 19.0 Å². The minimum Gasteiger partial charge on any atom is -0.490 e. The predicted molar refractivity (Wildman–Crippen MR) is 90.4 cm³/mol. The highest BCUT2D eigenvalue weighted by Gasteiger charge is 2.32. The van der Waals surface area contributed by atoms with Crippen LogP contribution in [0.3, 0.4) is 0 Å². The van der Waals surface area contributed by atoms with E-state index in [4.69, 9.17) is 4.74 Å². The van der Waals surface area contributed by atoms with E-state index in [2.05, 4.69) is 5.10 Å². The van der Waals surface area contributed by atoms with Crippen LogP contribution < -0.4 is 4.74 Å². The second-order valence-electron chi connectivity index (χ2n) is 6.10. The van der Waals surface area contributed by atoms with Gasteiger partial charge in [0.2, 0.25) is 0 Å². The van der Waals surface area contributed by atoms with Crippen LogP contribution in [0.15, 0.2) is 36.5 Å². The number of rotatable bonds is 5. The van der Waals surface area contributed by atoms with Gasteiger partial charge >= 0.3 is 0 Å². The summed E-state index contributed by atoms with van der Waals surface area (Å²) in [5, 5.41) is 14.2. The zero-order valence-electron chi connectivity index (χ0n) is 14.1. The summed E-state index contributed by atoms with van der Waals surface area (Å²) in [7, 11) is 0. The van der Waals surface area contributed by atoms with Crippen LogP contribution >= 0.6 is 0 Å². The van der Waals surface area contributed by atoms with E-state index in [0.29, 0.717) is 31.1 Å². The van der Waals surface area contributed by atoms with Gasteiger partial charge in [-0.25, -0.2) is 4.68 Å². The molecule has 1 N–H and O–H groups in total. The summed E-state index contributed by atoms with van der Waals surface area (Å²) < 4.78 is 7.28. The van der Waals surface area contributed by atoms with Crippen molar-refractivity contribution in [1.29, 1.82) is 0 Å². The Bertz CT molecular complexity index is 697. The lowest BCUT2D eigenvalue weighted by atomic mass is 10.0. The fourth-order valence-electron chi connectivity index (χ4n) is 3.00. The molecule has 1 aromatic heterocycles. The van der Waals surface area contributed by atoms with Crippen LogP contribution in [0.2, 0.25) is 0 Å². The molecule has 6 nitrogen and oxygen atoms in total. The van der Waals surface area contributed by atoms with Crippen molar-refractivity contribution < 1.29 is 14.6 Å². The van der Waals surface area contributed by atoms with E-state index < -0.39 is 6.10 Å². The van der Waals surface area contributed by atoms with Crippen LogP contribution in [0.5, 0.6) is 5.75 Å². The number of para-hydroxylation sites is 1. The molecule has 0 spiro atoms.